The third-order valence-electron chi connectivity index (χ3n) is 3.33. The van der Waals surface area contributed by atoms with Crippen LogP contribution in [-0.2, 0) is 13.3 Å². The molecule has 1 amide bonds. The molecule has 0 heterocycles. The molecule has 0 aliphatic rings. The van der Waals surface area contributed by atoms with Crippen LogP contribution in [-0.4, -0.2) is 52.3 Å². The van der Waals surface area contributed by atoms with Gasteiger partial charge in [0.15, 0.2) is 0 Å². The first-order valence-electron chi connectivity index (χ1n) is 8.67. The summed E-state index contributed by atoms with van der Waals surface area (Å²) in [6, 6.07) is 6.20. The Bertz CT molecular complexity index is 548. The summed E-state index contributed by atoms with van der Waals surface area (Å²) in [7, 11) is -2.71. The summed E-state index contributed by atoms with van der Waals surface area (Å²) in [5.41, 5.74) is 0.127. The van der Waals surface area contributed by atoms with Crippen molar-refractivity contribution in [1.29, 1.82) is 0 Å². The molecule has 0 atom stereocenters. The smallest absolute Gasteiger partial charge is 0.478 e. The van der Waals surface area contributed by atoms with Crippen LogP contribution in [0, 0.1) is 0 Å². The summed E-state index contributed by atoms with van der Waals surface area (Å²) in [5.74, 6) is -0.763. The van der Waals surface area contributed by atoms with E-state index in [1.165, 1.54) is 24.3 Å². The molecule has 1 aromatic carbocycles. The maximum atomic E-state index is 11.8. The van der Waals surface area contributed by atoms with Crippen LogP contribution in [0.3, 0.4) is 0 Å². The Hall–Kier alpha value is -1.94. The quantitative estimate of drug-likeness (QED) is 0.421. The summed E-state index contributed by atoms with van der Waals surface area (Å²) in [6.45, 7) is 7.59. The molecule has 26 heavy (non-hydrogen) atoms. The minimum atomic E-state index is -2.71. The van der Waals surface area contributed by atoms with E-state index in [2.05, 4.69) is 5.32 Å². The number of hydrogen-bond donors (Lipinski definition) is 2. The zero-order valence-corrected chi connectivity index (χ0v) is 16.4. The molecule has 0 radical (unpaired) electrons. The molecule has 0 saturated carbocycles. The van der Waals surface area contributed by atoms with Gasteiger partial charge >= 0.3 is 20.9 Å². The fourth-order valence-corrected chi connectivity index (χ4v) is 4.92. The van der Waals surface area contributed by atoms with E-state index in [4.69, 9.17) is 23.1 Å². The van der Waals surface area contributed by atoms with E-state index >= 15 is 0 Å². The van der Waals surface area contributed by atoms with Gasteiger partial charge in [-0.2, -0.15) is 0 Å². The molecule has 0 bridgehead atoms. The topological polar surface area (TPSA) is 103 Å². The summed E-state index contributed by atoms with van der Waals surface area (Å²) < 4.78 is 22.3. The largest absolute Gasteiger partial charge is 0.500 e. The minimum Gasteiger partial charge on any atom is -0.478 e. The molecule has 0 spiro atoms. The number of benzene rings is 1. The molecule has 0 aromatic heterocycles. The molecule has 0 unspecified atom stereocenters. The number of carboxylic acids is 1. The van der Waals surface area contributed by atoms with Gasteiger partial charge in [0, 0.05) is 32.4 Å². The van der Waals surface area contributed by atoms with Gasteiger partial charge in [0.1, 0.15) is 5.75 Å². The molecular formula is C17H27NO7Si. The van der Waals surface area contributed by atoms with Crippen molar-refractivity contribution in [2.75, 3.05) is 26.4 Å². The lowest BCUT2D eigenvalue weighted by molar-refractivity contribution is 0.0691. The molecular weight excluding hydrogens is 358 g/mol. The Morgan fingerprint density at radius 1 is 1.00 bits per heavy atom. The number of amides is 1. The van der Waals surface area contributed by atoms with Gasteiger partial charge in [-0.15, -0.1) is 0 Å². The van der Waals surface area contributed by atoms with Crippen molar-refractivity contribution in [3.05, 3.63) is 29.8 Å². The molecule has 0 aliphatic heterocycles. The highest BCUT2D eigenvalue weighted by atomic mass is 28.4. The highest BCUT2D eigenvalue weighted by molar-refractivity contribution is 6.60. The zero-order valence-electron chi connectivity index (χ0n) is 15.4. The Balaban J connectivity index is 2.42. The van der Waals surface area contributed by atoms with E-state index in [-0.39, 0.29) is 11.3 Å². The number of aromatic carboxylic acids is 1. The first-order chi connectivity index (χ1) is 12.5. The monoisotopic (exact) mass is 385 g/mol. The van der Waals surface area contributed by atoms with Crippen LogP contribution in [0.2, 0.25) is 6.04 Å². The number of carbonyl (C=O) groups is 2. The number of rotatable bonds is 12. The molecule has 1 rings (SSSR count). The Morgan fingerprint density at radius 3 is 2.00 bits per heavy atom. The molecule has 8 nitrogen and oxygen atoms in total. The van der Waals surface area contributed by atoms with Crippen molar-refractivity contribution in [2.45, 2.75) is 33.2 Å². The summed E-state index contributed by atoms with van der Waals surface area (Å²) >= 11 is 0. The molecule has 1 aromatic rings. The first-order valence-corrected chi connectivity index (χ1v) is 10.6. The van der Waals surface area contributed by atoms with Gasteiger partial charge < -0.3 is 28.4 Å². The SMILES string of the molecule is CCO[Si](CCCNC(=O)Oc1ccc(C(=O)O)cc1)(OCC)OCC. The van der Waals surface area contributed by atoms with Crippen molar-refractivity contribution in [3.8, 4) is 5.75 Å². The highest BCUT2D eigenvalue weighted by Crippen LogP contribution is 2.18. The van der Waals surface area contributed by atoms with E-state index in [1.807, 2.05) is 20.8 Å². The predicted molar refractivity (Wildman–Crippen MR) is 97.5 cm³/mol. The molecule has 0 saturated heterocycles. The van der Waals surface area contributed by atoms with Gasteiger partial charge in [0.25, 0.3) is 0 Å². The third kappa shape index (κ3) is 7.52. The normalized spacial score (nSPS) is 11.2. The average molecular weight is 385 g/mol. The number of hydrogen-bond acceptors (Lipinski definition) is 6. The molecule has 146 valence electrons. The van der Waals surface area contributed by atoms with E-state index in [1.54, 1.807) is 0 Å². The minimum absolute atomic E-state index is 0.127. The van der Waals surface area contributed by atoms with Crippen LogP contribution < -0.4 is 10.1 Å². The second kappa shape index (κ2) is 11.6. The van der Waals surface area contributed by atoms with Gasteiger partial charge in [-0.3, -0.25) is 0 Å². The average Bonchev–Trinajstić information content (AvgIpc) is 2.60. The van der Waals surface area contributed by atoms with Crippen LogP contribution in [0.15, 0.2) is 24.3 Å². The zero-order chi connectivity index (χ0) is 19.4. The Kier molecular flexibility index (Phi) is 9.88. The molecule has 2 N–H and O–H groups in total. The van der Waals surface area contributed by atoms with E-state index in [9.17, 15) is 9.59 Å². The van der Waals surface area contributed by atoms with Crippen molar-refractivity contribution in [3.63, 3.8) is 0 Å². The van der Waals surface area contributed by atoms with Gasteiger partial charge in [0.2, 0.25) is 0 Å². The van der Waals surface area contributed by atoms with Crippen molar-refractivity contribution >= 4 is 20.9 Å². The summed E-state index contributed by atoms with van der Waals surface area (Å²) in [6.07, 6.45) is 0.0174. The van der Waals surface area contributed by atoms with Gasteiger partial charge in [-0.25, -0.2) is 9.59 Å². The number of nitrogens with one attached hydrogen (secondary N) is 1. The number of ether oxygens (including phenoxy) is 1. The van der Waals surface area contributed by atoms with Crippen LogP contribution in [0.25, 0.3) is 0 Å². The van der Waals surface area contributed by atoms with Crippen LogP contribution in [0.1, 0.15) is 37.6 Å². The lowest BCUT2D eigenvalue weighted by Gasteiger charge is -2.28. The predicted octanol–water partition coefficient (Wildman–Crippen LogP) is 2.91. The van der Waals surface area contributed by atoms with Crippen LogP contribution >= 0.6 is 0 Å². The molecule has 0 aliphatic carbocycles. The number of carbonyl (C=O) groups excluding carboxylic acids is 1. The summed E-state index contributed by atoms with van der Waals surface area (Å²) in [5, 5.41) is 11.5. The maximum absolute atomic E-state index is 11.8. The van der Waals surface area contributed by atoms with Crippen molar-refractivity contribution in [1.82, 2.24) is 5.32 Å². The van der Waals surface area contributed by atoms with E-state index < -0.39 is 20.9 Å². The van der Waals surface area contributed by atoms with Gasteiger partial charge in [0.05, 0.1) is 5.56 Å². The molecule has 0 fully saturated rings. The van der Waals surface area contributed by atoms with Gasteiger partial charge in [-0.05, 0) is 51.5 Å². The highest BCUT2D eigenvalue weighted by Gasteiger charge is 2.39. The van der Waals surface area contributed by atoms with Crippen LogP contribution in [0.5, 0.6) is 5.75 Å². The second-order valence-corrected chi connectivity index (χ2v) is 7.96. The Morgan fingerprint density at radius 2 is 1.54 bits per heavy atom. The van der Waals surface area contributed by atoms with Crippen molar-refractivity contribution < 1.29 is 32.7 Å². The fourth-order valence-electron chi connectivity index (χ4n) is 2.31. The molecule has 9 heteroatoms. The van der Waals surface area contributed by atoms with Crippen molar-refractivity contribution in [2.24, 2.45) is 0 Å². The van der Waals surface area contributed by atoms with Crippen LogP contribution in [0.4, 0.5) is 4.79 Å². The van der Waals surface area contributed by atoms with E-state index in [0.717, 1.165) is 0 Å². The first kappa shape index (κ1) is 22.1. The number of carboxylic acid groups (broad SMARTS) is 1. The lowest BCUT2D eigenvalue weighted by atomic mass is 10.2. The fraction of sp³-hybridized carbons (Fsp3) is 0.529. The lowest BCUT2D eigenvalue weighted by Crippen LogP contribution is -2.46. The van der Waals surface area contributed by atoms with E-state index in [0.29, 0.717) is 38.8 Å². The second-order valence-electron chi connectivity index (χ2n) is 5.23. The van der Waals surface area contributed by atoms with Gasteiger partial charge in [-0.1, -0.05) is 0 Å². The summed E-state index contributed by atoms with van der Waals surface area (Å²) in [4.78, 5) is 22.6. The third-order valence-corrected chi connectivity index (χ3v) is 6.49. The standard InChI is InChI=1S/C17H27NO7Si/c1-4-22-26(23-5-2,24-6-3)13-7-12-18-17(21)25-15-10-8-14(9-11-15)16(19)20/h8-11H,4-7,12-13H2,1-3H3,(H,18,21)(H,19,20). The Labute approximate surface area is 154 Å². The maximum Gasteiger partial charge on any atom is 0.500 e.